The van der Waals surface area contributed by atoms with Crippen LogP contribution in [0.25, 0.3) is 0 Å². The molecule has 2 aromatic carbocycles. The summed E-state index contributed by atoms with van der Waals surface area (Å²) in [4.78, 5) is 41.4. The number of aryl methyl sites for hydroxylation is 1. The predicted molar refractivity (Wildman–Crippen MR) is 150 cm³/mol. The van der Waals surface area contributed by atoms with Gasteiger partial charge in [0.15, 0.2) is 0 Å². The Morgan fingerprint density at radius 2 is 1.71 bits per heavy atom. The highest BCUT2D eigenvalue weighted by Gasteiger charge is 2.36. The van der Waals surface area contributed by atoms with E-state index in [0.717, 1.165) is 40.9 Å². The first-order chi connectivity index (χ1) is 18.0. The number of nitrogens with one attached hydrogen (secondary N) is 2. The van der Waals surface area contributed by atoms with Gasteiger partial charge in [-0.05, 0) is 63.3 Å². The number of rotatable bonds is 11. The van der Waals surface area contributed by atoms with E-state index in [-0.39, 0.29) is 12.3 Å². The number of amides is 3. The lowest BCUT2D eigenvalue weighted by atomic mass is 9.95. The number of carbonyl (C=O) groups is 3. The Labute approximate surface area is 227 Å². The molecule has 0 aromatic heterocycles. The zero-order chi connectivity index (χ0) is 28.3. The smallest absolute Gasteiger partial charge is 0.408 e. The van der Waals surface area contributed by atoms with Crippen molar-refractivity contribution in [1.29, 1.82) is 0 Å². The van der Waals surface area contributed by atoms with Crippen molar-refractivity contribution < 1.29 is 19.1 Å². The average Bonchev–Trinajstić information content (AvgIpc) is 2.85. The van der Waals surface area contributed by atoms with Crippen LogP contribution in [0, 0.1) is 26.3 Å². The van der Waals surface area contributed by atoms with Crippen molar-refractivity contribution in [2.45, 2.75) is 84.9 Å². The quantitative estimate of drug-likeness (QED) is 0.242. The molecule has 0 aliphatic heterocycles. The highest BCUT2D eigenvalue weighted by Crippen LogP contribution is 2.27. The second kappa shape index (κ2) is 14.2. The van der Waals surface area contributed by atoms with Gasteiger partial charge in [0.1, 0.15) is 17.7 Å². The van der Waals surface area contributed by atoms with E-state index in [2.05, 4.69) is 23.6 Å². The Bertz CT molecular complexity index is 1130. The minimum atomic E-state index is -1.06. The molecule has 2 aromatic rings. The van der Waals surface area contributed by atoms with Gasteiger partial charge in [0.05, 0.1) is 0 Å². The summed E-state index contributed by atoms with van der Waals surface area (Å²) < 4.78 is 5.42. The summed E-state index contributed by atoms with van der Waals surface area (Å²) in [6, 6.07) is 15.2. The number of terminal acetylenes is 1. The van der Waals surface area contributed by atoms with Crippen molar-refractivity contribution in [2.24, 2.45) is 0 Å². The molecule has 7 nitrogen and oxygen atoms in total. The molecule has 0 saturated carbocycles. The van der Waals surface area contributed by atoms with Gasteiger partial charge in [-0.3, -0.25) is 14.5 Å². The second-order valence-corrected chi connectivity index (χ2v) is 10.4. The van der Waals surface area contributed by atoms with Crippen LogP contribution in [0.15, 0.2) is 48.5 Å². The highest BCUT2D eigenvalue weighted by molar-refractivity contribution is 5.93. The van der Waals surface area contributed by atoms with E-state index in [1.807, 2.05) is 62.4 Å². The highest BCUT2D eigenvalue weighted by atomic mass is 16.6. The summed E-state index contributed by atoms with van der Waals surface area (Å²) in [5.74, 6) is -0.936. The molecule has 7 heteroatoms. The molecular formula is C31H41N3O4. The van der Waals surface area contributed by atoms with Crippen molar-refractivity contribution in [3.05, 3.63) is 70.8 Å². The Morgan fingerprint density at radius 1 is 1.03 bits per heavy atom. The maximum Gasteiger partial charge on any atom is 0.408 e. The summed E-state index contributed by atoms with van der Waals surface area (Å²) >= 11 is 0. The van der Waals surface area contributed by atoms with Crippen molar-refractivity contribution in [2.75, 3.05) is 6.54 Å². The number of hydrogen-bond acceptors (Lipinski definition) is 4. The third-order valence-corrected chi connectivity index (χ3v) is 6.18. The Hall–Kier alpha value is -3.79. The maximum absolute atomic E-state index is 14.0. The van der Waals surface area contributed by atoms with Crippen LogP contribution in [0.3, 0.4) is 0 Å². The van der Waals surface area contributed by atoms with Gasteiger partial charge >= 0.3 is 6.09 Å². The topological polar surface area (TPSA) is 87.7 Å². The van der Waals surface area contributed by atoms with E-state index >= 15 is 0 Å². The molecule has 0 radical (unpaired) electrons. The molecule has 0 fully saturated rings. The van der Waals surface area contributed by atoms with Crippen LogP contribution < -0.4 is 10.6 Å². The van der Waals surface area contributed by atoms with Crippen LogP contribution >= 0.6 is 0 Å². The van der Waals surface area contributed by atoms with Crippen molar-refractivity contribution in [3.63, 3.8) is 0 Å². The first-order valence-corrected chi connectivity index (χ1v) is 13.1. The molecule has 3 amide bonds. The molecule has 0 heterocycles. The Kier molecular flexibility index (Phi) is 11.4. The second-order valence-electron chi connectivity index (χ2n) is 10.4. The SMILES string of the molecule is C#CN(C(=O)C(Cc1ccccc1)NC(=O)OC(C)(C)C)C(C(=O)NCCCCC)c1cccc(C)c1C. The summed E-state index contributed by atoms with van der Waals surface area (Å²) in [5.41, 5.74) is 2.55. The number of carbonyl (C=O) groups excluding carboxylic acids is 3. The molecule has 2 atom stereocenters. The van der Waals surface area contributed by atoms with Crippen LogP contribution in [-0.4, -0.2) is 41.0 Å². The number of benzene rings is 2. The van der Waals surface area contributed by atoms with Crippen molar-refractivity contribution in [3.8, 4) is 12.5 Å². The van der Waals surface area contributed by atoms with Gasteiger partial charge in [-0.1, -0.05) is 74.7 Å². The fourth-order valence-corrected chi connectivity index (χ4v) is 4.08. The maximum atomic E-state index is 14.0. The predicted octanol–water partition coefficient (Wildman–Crippen LogP) is 5.21. The van der Waals surface area contributed by atoms with E-state index < -0.39 is 29.7 Å². The lowest BCUT2D eigenvalue weighted by molar-refractivity contribution is -0.138. The first-order valence-electron chi connectivity index (χ1n) is 13.1. The summed E-state index contributed by atoms with van der Waals surface area (Å²) in [6.07, 6.45) is 8.16. The van der Waals surface area contributed by atoms with Gasteiger partial charge in [-0.25, -0.2) is 4.79 Å². The number of nitrogens with zero attached hydrogens (tertiary/aromatic N) is 1. The van der Waals surface area contributed by atoms with Crippen LogP contribution in [0.2, 0.25) is 0 Å². The molecule has 0 bridgehead atoms. The third-order valence-electron chi connectivity index (χ3n) is 6.18. The van der Waals surface area contributed by atoms with Crippen molar-refractivity contribution in [1.82, 2.24) is 15.5 Å². The monoisotopic (exact) mass is 519 g/mol. The fraction of sp³-hybridized carbons (Fsp3) is 0.452. The van der Waals surface area contributed by atoms with E-state index in [9.17, 15) is 14.4 Å². The number of ether oxygens (including phenoxy) is 1. The van der Waals surface area contributed by atoms with E-state index in [1.54, 1.807) is 20.8 Å². The molecule has 0 aliphatic carbocycles. The van der Waals surface area contributed by atoms with Gasteiger partial charge in [0.25, 0.3) is 5.91 Å². The molecule has 2 rings (SSSR count). The standard InChI is InChI=1S/C31H41N3O4/c1-8-10-14-20-32-28(35)27(25-19-15-16-22(3)23(25)4)34(9-2)29(36)26(21-24-17-12-11-13-18-24)33-30(37)38-31(5,6)7/h2,11-13,15-19,26-27H,8,10,14,20-21H2,1,3-7H3,(H,32,35)(H,33,37). The average molecular weight is 520 g/mol. The normalized spacial score (nSPS) is 12.6. The molecular weight excluding hydrogens is 478 g/mol. The van der Waals surface area contributed by atoms with Crippen LogP contribution in [0.5, 0.6) is 0 Å². The van der Waals surface area contributed by atoms with Gasteiger partial charge < -0.3 is 15.4 Å². The lowest BCUT2D eigenvalue weighted by Gasteiger charge is -2.31. The number of hydrogen-bond donors (Lipinski definition) is 2. The van der Waals surface area contributed by atoms with Crippen LogP contribution in [0.1, 0.15) is 75.3 Å². The molecule has 204 valence electrons. The summed E-state index contributed by atoms with van der Waals surface area (Å²) in [6.45, 7) is 11.6. The summed E-state index contributed by atoms with van der Waals surface area (Å²) in [7, 11) is 0. The minimum absolute atomic E-state index is 0.175. The summed E-state index contributed by atoms with van der Waals surface area (Å²) in [5, 5.41) is 5.64. The Balaban J connectivity index is 2.48. The van der Waals surface area contributed by atoms with E-state index in [0.29, 0.717) is 12.1 Å². The Morgan fingerprint density at radius 3 is 2.32 bits per heavy atom. The minimum Gasteiger partial charge on any atom is -0.444 e. The van der Waals surface area contributed by atoms with Gasteiger partial charge in [0, 0.05) is 19.0 Å². The molecule has 2 unspecified atom stereocenters. The van der Waals surface area contributed by atoms with E-state index in [1.165, 1.54) is 0 Å². The van der Waals surface area contributed by atoms with Gasteiger partial charge in [0.2, 0.25) is 5.91 Å². The zero-order valence-electron chi connectivity index (χ0n) is 23.5. The number of alkyl carbamates (subject to hydrolysis) is 1. The van der Waals surface area contributed by atoms with Crippen LogP contribution in [-0.2, 0) is 20.7 Å². The molecule has 2 N–H and O–H groups in total. The zero-order valence-corrected chi connectivity index (χ0v) is 23.5. The number of unbranched alkanes of at least 4 members (excludes halogenated alkanes) is 2. The van der Waals surface area contributed by atoms with Gasteiger partial charge in [-0.2, -0.15) is 0 Å². The molecule has 0 saturated heterocycles. The fourth-order valence-electron chi connectivity index (χ4n) is 4.08. The first kappa shape index (κ1) is 30.4. The van der Waals surface area contributed by atoms with Crippen LogP contribution in [0.4, 0.5) is 4.79 Å². The molecule has 38 heavy (non-hydrogen) atoms. The van der Waals surface area contributed by atoms with E-state index in [4.69, 9.17) is 11.2 Å². The molecule has 0 aliphatic rings. The van der Waals surface area contributed by atoms with Gasteiger partial charge in [-0.15, -0.1) is 0 Å². The van der Waals surface area contributed by atoms with Crippen molar-refractivity contribution >= 4 is 17.9 Å². The third kappa shape index (κ3) is 8.95. The molecule has 0 spiro atoms. The largest absolute Gasteiger partial charge is 0.444 e. The lowest BCUT2D eigenvalue weighted by Crippen LogP contribution is -2.52.